The summed E-state index contributed by atoms with van der Waals surface area (Å²) in [5, 5.41) is 14.2. The molecule has 7 nitrogen and oxygen atoms in total. The second-order valence-electron chi connectivity index (χ2n) is 4.75. The van der Waals surface area contributed by atoms with Crippen molar-refractivity contribution in [2.24, 2.45) is 0 Å². The molecule has 1 aromatic carbocycles. The fourth-order valence-corrected chi connectivity index (χ4v) is 4.13. The van der Waals surface area contributed by atoms with Gasteiger partial charge in [-0.15, -0.1) is 12.4 Å². The fourth-order valence-electron chi connectivity index (χ4n) is 2.30. The van der Waals surface area contributed by atoms with E-state index in [1.165, 1.54) is 28.6 Å². The van der Waals surface area contributed by atoms with Crippen molar-refractivity contribution >= 4 is 28.1 Å². The summed E-state index contributed by atoms with van der Waals surface area (Å²) < 4.78 is 26.7. The topological polar surface area (TPSA) is 92.6 Å². The lowest BCUT2D eigenvalue weighted by Gasteiger charge is -2.25. The number of nitrogens with zero attached hydrogens (tertiary/aromatic N) is 2. The van der Waals surface area contributed by atoms with Crippen LogP contribution in [0.1, 0.15) is 13.3 Å². The minimum Gasteiger partial charge on any atom is -0.315 e. The van der Waals surface area contributed by atoms with Crippen molar-refractivity contribution < 1.29 is 13.3 Å². The van der Waals surface area contributed by atoms with E-state index >= 15 is 0 Å². The van der Waals surface area contributed by atoms with Gasteiger partial charge in [0, 0.05) is 25.2 Å². The van der Waals surface area contributed by atoms with Crippen LogP contribution in [-0.2, 0) is 10.0 Å². The quantitative estimate of drug-likeness (QED) is 0.665. The highest BCUT2D eigenvalue weighted by Gasteiger charge is 2.34. The van der Waals surface area contributed by atoms with E-state index in [-0.39, 0.29) is 29.0 Å². The Balaban J connectivity index is 0.00000220. The highest BCUT2D eigenvalue weighted by atomic mass is 35.5. The Kier molecular flexibility index (Phi) is 6.09. The summed E-state index contributed by atoms with van der Waals surface area (Å²) in [5.74, 6) is 0. The number of rotatable bonds is 3. The summed E-state index contributed by atoms with van der Waals surface area (Å²) in [4.78, 5) is 10.1. The van der Waals surface area contributed by atoms with E-state index in [1.807, 2.05) is 0 Å². The average Bonchev–Trinajstić information content (AvgIpc) is 2.63. The summed E-state index contributed by atoms with van der Waals surface area (Å²) in [6.07, 6.45) is 0.685. The Hall–Kier alpha value is -1.22. The Bertz CT molecular complexity index is 608. The van der Waals surface area contributed by atoms with Gasteiger partial charge in [0.25, 0.3) is 5.69 Å². The normalized spacial score (nSPS) is 20.3. The van der Waals surface area contributed by atoms with Crippen LogP contribution in [0.4, 0.5) is 5.69 Å². The smallest absolute Gasteiger partial charge is 0.289 e. The summed E-state index contributed by atoms with van der Waals surface area (Å²) in [7, 11) is -3.86. The van der Waals surface area contributed by atoms with Gasteiger partial charge in [-0.2, -0.15) is 4.31 Å². The van der Waals surface area contributed by atoms with Gasteiger partial charge in [0.1, 0.15) is 0 Å². The SMILES string of the molecule is CC1CNCCCN1S(=O)(=O)c1ccccc1[N+](=O)[O-].Cl. The van der Waals surface area contributed by atoms with Gasteiger partial charge in [-0.25, -0.2) is 8.42 Å². The van der Waals surface area contributed by atoms with Gasteiger partial charge in [-0.3, -0.25) is 10.1 Å². The summed E-state index contributed by atoms with van der Waals surface area (Å²) >= 11 is 0. The van der Waals surface area contributed by atoms with Crippen molar-refractivity contribution in [2.45, 2.75) is 24.3 Å². The Morgan fingerprint density at radius 2 is 2.05 bits per heavy atom. The Morgan fingerprint density at radius 3 is 2.71 bits per heavy atom. The molecule has 1 atom stereocenters. The number of nitro groups is 1. The average molecular weight is 336 g/mol. The van der Waals surface area contributed by atoms with Crippen LogP contribution in [0.25, 0.3) is 0 Å². The van der Waals surface area contributed by atoms with Crippen molar-refractivity contribution in [1.82, 2.24) is 9.62 Å². The molecule has 0 amide bonds. The minimum atomic E-state index is -3.86. The van der Waals surface area contributed by atoms with Gasteiger partial charge in [-0.1, -0.05) is 12.1 Å². The van der Waals surface area contributed by atoms with Gasteiger partial charge in [0.05, 0.1) is 4.92 Å². The fraction of sp³-hybridized carbons (Fsp3) is 0.500. The molecule has 9 heteroatoms. The maximum Gasteiger partial charge on any atom is 0.289 e. The van der Waals surface area contributed by atoms with Crippen LogP contribution in [0.3, 0.4) is 0 Å². The number of halogens is 1. The third-order valence-electron chi connectivity index (χ3n) is 3.31. The molecule has 0 aliphatic carbocycles. The number of nitro benzene ring substituents is 1. The standard InChI is InChI=1S/C12H17N3O4S.ClH/c1-10-9-13-7-4-8-14(10)20(18,19)12-6-3-2-5-11(12)15(16)17;/h2-3,5-6,10,13H,4,7-9H2,1H3;1H. The summed E-state index contributed by atoms with van der Waals surface area (Å²) in [6.45, 7) is 3.44. The molecule has 118 valence electrons. The predicted octanol–water partition coefficient (Wildman–Crippen LogP) is 1.39. The van der Waals surface area contributed by atoms with Crippen molar-refractivity contribution in [3.8, 4) is 0 Å². The first-order valence-electron chi connectivity index (χ1n) is 6.40. The molecule has 1 heterocycles. The predicted molar refractivity (Wildman–Crippen MR) is 81.2 cm³/mol. The van der Waals surface area contributed by atoms with E-state index in [1.54, 1.807) is 6.92 Å². The van der Waals surface area contributed by atoms with Gasteiger partial charge >= 0.3 is 0 Å². The van der Waals surface area contributed by atoms with Crippen LogP contribution in [0.15, 0.2) is 29.2 Å². The molecule has 1 unspecified atom stereocenters. The molecule has 1 N–H and O–H groups in total. The molecular weight excluding hydrogens is 318 g/mol. The second kappa shape index (κ2) is 7.17. The van der Waals surface area contributed by atoms with Crippen molar-refractivity contribution in [2.75, 3.05) is 19.6 Å². The molecule has 1 fully saturated rings. The van der Waals surface area contributed by atoms with Crippen molar-refractivity contribution in [3.63, 3.8) is 0 Å². The molecule has 0 radical (unpaired) electrons. The van der Waals surface area contributed by atoms with E-state index in [0.29, 0.717) is 19.5 Å². The third kappa shape index (κ3) is 3.70. The number of hydrogen-bond acceptors (Lipinski definition) is 5. The first kappa shape index (κ1) is 17.8. The molecule has 0 spiro atoms. The number of nitrogens with one attached hydrogen (secondary N) is 1. The number of benzene rings is 1. The van der Waals surface area contributed by atoms with Crippen LogP contribution in [0, 0.1) is 10.1 Å². The van der Waals surface area contributed by atoms with Gasteiger partial charge in [0.2, 0.25) is 10.0 Å². The van der Waals surface area contributed by atoms with Gasteiger partial charge in [-0.05, 0) is 26.0 Å². The third-order valence-corrected chi connectivity index (χ3v) is 5.37. The molecule has 1 saturated heterocycles. The van der Waals surface area contributed by atoms with Crippen LogP contribution < -0.4 is 5.32 Å². The largest absolute Gasteiger partial charge is 0.315 e. The van der Waals surface area contributed by atoms with Crippen LogP contribution in [0.2, 0.25) is 0 Å². The lowest BCUT2D eigenvalue weighted by atomic mass is 10.3. The summed E-state index contributed by atoms with van der Waals surface area (Å²) in [6, 6.07) is 5.24. The number of sulfonamides is 1. The summed E-state index contributed by atoms with van der Waals surface area (Å²) in [5.41, 5.74) is -0.378. The number of hydrogen-bond donors (Lipinski definition) is 1. The van der Waals surface area contributed by atoms with Crippen LogP contribution in [-0.4, -0.2) is 43.3 Å². The maximum absolute atomic E-state index is 12.7. The first-order valence-corrected chi connectivity index (χ1v) is 7.84. The first-order chi connectivity index (χ1) is 9.44. The molecule has 21 heavy (non-hydrogen) atoms. The lowest BCUT2D eigenvalue weighted by Crippen LogP contribution is -2.41. The van der Waals surface area contributed by atoms with Crippen LogP contribution in [0.5, 0.6) is 0 Å². The van der Waals surface area contributed by atoms with Gasteiger partial charge in [0.15, 0.2) is 4.90 Å². The zero-order valence-electron chi connectivity index (χ0n) is 11.6. The molecule has 1 aliphatic heterocycles. The Morgan fingerprint density at radius 1 is 1.38 bits per heavy atom. The van der Waals surface area contributed by atoms with Crippen LogP contribution >= 0.6 is 12.4 Å². The maximum atomic E-state index is 12.7. The molecule has 0 aromatic heterocycles. The van der Waals surface area contributed by atoms with E-state index in [2.05, 4.69) is 5.32 Å². The molecule has 0 bridgehead atoms. The van der Waals surface area contributed by atoms with E-state index in [0.717, 1.165) is 6.54 Å². The van der Waals surface area contributed by atoms with Crippen molar-refractivity contribution in [3.05, 3.63) is 34.4 Å². The highest BCUT2D eigenvalue weighted by molar-refractivity contribution is 7.89. The van der Waals surface area contributed by atoms with E-state index in [9.17, 15) is 18.5 Å². The molecule has 0 saturated carbocycles. The minimum absolute atomic E-state index is 0. The van der Waals surface area contributed by atoms with Crippen molar-refractivity contribution in [1.29, 1.82) is 0 Å². The highest BCUT2D eigenvalue weighted by Crippen LogP contribution is 2.27. The Labute approximate surface area is 129 Å². The number of para-hydroxylation sites is 1. The zero-order valence-corrected chi connectivity index (χ0v) is 13.2. The van der Waals surface area contributed by atoms with Gasteiger partial charge < -0.3 is 5.32 Å². The lowest BCUT2D eigenvalue weighted by molar-refractivity contribution is -0.387. The second-order valence-corrected chi connectivity index (χ2v) is 6.61. The molecule has 1 aliphatic rings. The molecule has 1 aromatic rings. The zero-order chi connectivity index (χ0) is 14.8. The molecular formula is C12H18ClN3O4S. The van der Waals surface area contributed by atoms with E-state index < -0.39 is 14.9 Å². The molecule has 2 rings (SSSR count). The van der Waals surface area contributed by atoms with E-state index in [4.69, 9.17) is 0 Å². The monoisotopic (exact) mass is 335 g/mol.